The van der Waals surface area contributed by atoms with E-state index in [9.17, 15) is 0 Å². The molecule has 1 nitrogen and oxygen atoms in total. The molecular weight excluding hydrogens is 124 g/mol. The molecule has 0 saturated carbocycles. The van der Waals surface area contributed by atoms with Gasteiger partial charge in [0.2, 0.25) is 9.04 Å². The standard InChI is InChI=1S/C4H11OSSi/c1-7(5)4-2-3-6/h5-6H,2-4H2,1H3. The zero-order chi connectivity index (χ0) is 5.70. The summed E-state index contributed by atoms with van der Waals surface area (Å²) in [6.07, 6.45) is 1.06. The van der Waals surface area contributed by atoms with Crippen LogP contribution >= 0.6 is 12.6 Å². The maximum absolute atomic E-state index is 8.75. The largest absolute Gasteiger partial charge is 0.432 e. The van der Waals surface area contributed by atoms with Crippen LogP contribution in [0.5, 0.6) is 0 Å². The van der Waals surface area contributed by atoms with Gasteiger partial charge in [-0.15, -0.1) is 0 Å². The first-order valence-corrected chi connectivity index (χ1v) is 5.18. The van der Waals surface area contributed by atoms with Crippen molar-refractivity contribution in [3.8, 4) is 0 Å². The predicted octanol–water partition coefficient (Wildman–Crippen LogP) is 0.920. The third-order valence-corrected chi connectivity index (χ3v) is 2.09. The van der Waals surface area contributed by atoms with Crippen LogP contribution in [-0.2, 0) is 0 Å². The van der Waals surface area contributed by atoms with Crippen LogP contribution in [0.15, 0.2) is 0 Å². The van der Waals surface area contributed by atoms with E-state index in [1.807, 2.05) is 6.55 Å². The Morgan fingerprint density at radius 3 is 2.43 bits per heavy atom. The zero-order valence-corrected chi connectivity index (χ0v) is 6.41. The maximum Gasteiger partial charge on any atom is 0.203 e. The summed E-state index contributed by atoms with van der Waals surface area (Å²) in [5.74, 6) is 0.905. The van der Waals surface area contributed by atoms with E-state index in [2.05, 4.69) is 12.6 Å². The third kappa shape index (κ3) is 6.53. The van der Waals surface area contributed by atoms with Crippen LogP contribution < -0.4 is 0 Å². The monoisotopic (exact) mass is 135 g/mol. The second-order valence-corrected chi connectivity index (χ2v) is 3.98. The summed E-state index contributed by atoms with van der Waals surface area (Å²) in [4.78, 5) is 8.75. The Morgan fingerprint density at radius 1 is 1.71 bits per heavy atom. The summed E-state index contributed by atoms with van der Waals surface area (Å²) >= 11 is 4.00. The van der Waals surface area contributed by atoms with E-state index in [-0.39, 0.29) is 0 Å². The summed E-state index contributed by atoms with van der Waals surface area (Å²) < 4.78 is 0. The minimum absolute atomic E-state index is 0.905. The van der Waals surface area contributed by atoms with Gasteiger partial charge in [-0.05, 0) is 24.8 Å². The molecule has 1 radical (unpaired) electrons. The normalized spacial score (nSPS) is 10.3. The average molecular weight is 135 g/mol. The number of hydrogen-bond donors (Lipinski definition) is 2. The summed E-state index contributed by atoms with van der Waals surface area (Å²) in [5.41, 5.74) is 0. The Bertz CT molecular complexity index is 40.7. The van der Waals surface area contributed by atoms with Crippen LogP contribution in [0.2, 0.25) is 12.6 Å². The van der Waals surface area contributed by atoms with Crippen molar-refractivity contribution in [3.63, 3.8) is 0 Å². The molecule has 0 amide bonds. The first kappa shape index (κ1) is 7.53. The average Bonchev–Trinajstić information content (AvgIpc) is 1.61. The lowest BCUT2D eigenvalue weighted by molar-refractivity contribution is 0.575. The fraction of sp³-hybridized carbons (Fsp3) is 1.00. The van der Waals surface area contributed by atoms with Crippen LogP contribution in [0.3, 0.4) is 0 Å². The molecule has 0 aliphatic carbocycles. The molecular formula is C4H11OSSi. The van der Waals surface area contributed by atoms with Crippen molar-refractivity contribution in [2.24, 2.45) is 0 Å². The molecule has 1 N–H and O–H groups in total. The fourth-order valence-corrected chi connectivity index (χ4v) is 1.48. The van der Waals surface area contributed by atoms with Crippen LogP contribution in [0.4, 0.5) is 0 Å². The maximum atomic E-state index is 8.75. The van der Waals surface area contributed by atoms with Crippen molar-refractivity contribution in [3.05, 3.63) is 0 Å². The SMILES string of the molecule is C[Si](O)CCCS. The number of rotatable bonds is 3. The molecule has 0 unspecified atom stereocenters. The van der Waals surface area contributed by atoms with Gasteiger partial charge in [0.25, 0.3) is 0 Å². The second-order valence-electron chi connectivity index (χ2n) is 1.56. The van der Waals surface area contributed by atoms with Crippen molar-refractivity contribution < 1.29 is 4.80 Å². The van der Waals surface area contributed by atoms with E-state index in [1.165, 1.54) is 0 Å². The van der Waals surface area contributed by atoms with Crippen molar-refractivity contribution in [1.82, 2.24) is 0 Å². The zero-order valence-electron chi connectivity index (χ0n) is 4.52. The quantitative estimate of drug-likeness (QED) is 0.435. The molecule has 0 saturated heterocycles. The second kappa shape index (κ2) is 4.68. The van der Waals surface area contributed by atoms with Crippen molar-refractivity contribution in [1.29, 1.82) is 0 Å². The molecule has 0 rings (SSSR count). The molecule has 0 aromatic rings. The minimum atomic E-state index is -0.946. The Morgan fingerprint density at radius 2 is 2.29 bits per heavy atom. The number of hydrogen-bond acceptors (Lipinski definition) is 2. The van der Waals surface area contributed by atoms with Gasteiger partial charge in [0.1, 0.15) is 0 Å². The highest BCUT2D eigenvalue weighted by atomic mass is 32.1. The van der Waals surface area contributed by atoms with Gasteiger partial charge in [0, 0.05) is 0 Å². The molecule has 0 aromatic heterocycles. The fourth-order valence-electron chi connectivity index (χ4n) is 0.335. The predicted molar refractivity (Wildman–Crippen MR) is 37.1 cm³/mol. The van der Waals surface area contributed by atoms with Crippen LogP contribution in [-0.4, -0.2) is 19.6 Å². The summed E-state index contributed by atoms with van der Waals surface area (Å²) in [6, 6.07) is 0.980. The molecule has 7 heavy (non-hydrogen) atoms. The van der Waals surface area contributed by atoms with Gasteiger partial charge in [0.05, 0.1) is 0 Å². The summed E-state index contributed by atoms with van der Waals surface area (Å²) in [5, 5.41) is 0. The smallest absolute Gasteiger partial charge is 0.203 e. The highest BCUT2D eigenvalue weighted by molar-refractivity contribution is 7.80. The van der Waals surface area contributed by atoms with Gasteiger partial charge < -0.3 is 4.80 Å². The van der Waals surface area contributed by atoms with E-state index >= 15 is 0 Å². The van der Waals surface area contributed by atoms with Gasteiger partial charge in [-0.2, -0.15) is 12.6 Å². The van der Waals surface area contributed by atoms with Crippen LogP contribution in [0.1, 0.15) is 6.42 Å². The van der Waals surface area contributed by atoms with Crippen molar-refractivity contribution in [2.45, 2.75) is 19.0 Å². The van der Waals surface area contributed by atoms with Crippen molar-refractivity contribution >= 4 is 21.7 Å². The Balaban J connectivity index is 2.68. The van der Waals surface area contributed by atoms with Crippen LogP contribution in [0.25, 0.3) is 0 Å². The lowest BCUT2D eigenvalue weighted by Gasteiger charge is -1.94. The molecule has 0 heterocycles. The van der Waals surface area contributed by atoms with Gasteiger partial charge in [-0.3, -0.25) is 0 Å². The molecule has 0 bridgehead atoms. The molecule has 3 heteroatoms. The van der Waals surface area contributed by atoms with E-state index in [0.717, 1.165) is 18.2 Å². The van der Waals surface area contributed by atoms with Gasteiger partial charge in [-0.25, -0.2) is 0 Å². The molecule has 43 valence electrons. The van der Waals surface area contributed by atoms with E-state index < -0.39 is 9.04 Å². The third-order valence-electron chi connectivity index (χ3n) is 0.697. The van der Waals surface area contributed by atoms with E-state index in [0.29, 0.717) is 0 Å². The molecule has 0 atom stereocenters. The van der Waals surface area contributed by atoms with Gasteiger partial charge >= 0.3 is 0 Å². The lowest BCUT2D eigenvalue weighted by atomic mass is 10.6. The van der Waals surface area contributed by atoms with Crippen molar-refractivity contribution in [2.75, 3.05) is 5.75 Å². The van der Waals surface area contributed by atoms with Crippen LogP contribution in [0, 0.1) is 0 Å². The highest BCUT2D eigenvalue weighted by Crippen LogP contribution is 1.94. The number of thiol groups is 1. The lowest BCUT2D eigenvalue weighted by Crippen LogP contribution is -2.03. The first-order chi connectivity index (χ1) is 3.27. The molecule has 0 spiro atoms. The Hall–Kier alpha value is 0.527. The first-order valence-electron chi connectivity index (χ1n) is 2.39. The van der Waals surface area contributed by atoms with Gasteiger partial charge in [-0.1, -0.05) is 0 Å². The van der Waals surface area contributed by atoms with E-state index in [1.54, 1.807) is 0 Å². The van der Waals surface area contributed by atoms with E-state index in [4.69, 9.17) is 4.80 Å². The highest BCUT2D eigenvalue weighted by Gasteiger charge is 1.95. The minimum Gasteiger partial charge on any atom is -0.432 e. The topological polar surface area (TPSA) is 20.2 Å². The molecule has 0 aliphatic heterocycles. The molecule has 0 aromatic carbocycles. The Labute approximate surface area is 51.9 Å². The summed E-state index contributed by atoms with van der Waals surface area (Å²) in [6.45, 7) is 1.90. The summed E-state index contributed by atoms with van der Waals surface area (Å²) in [7, 11) is -0.946. The van der Waals surface area contributed by atoms with Gasteiger partial charge in [0.15, 0.2) is 0 Å². The molecule has 0 aliphatic rings. The Kier molecular flexibility index (Phi) is 5.03. The molecule has 0 fully saturated rings.